The van der Waals surface area contributed by atoms with E-state index in [4.69, 9.17) is 4.74 Å². The van der Waals surface area contributed by atoms with E-state index in [-0.39, 0.29) is 29.7 Å². The van der Waals surface area contributed by atoms with E-state index < -0.39 is 9.84 Å². The zero-order valence-electron chi connectivity index (χ0n) is 15.6. The van der Waals surface area contributed by atoms with Gasteiger partial charge in [0.1, 0.15) is 0 Å². The topological polar surface area (TPSA) is 66.9 Å². The van der Waals surface area contributed by atoms with Crippen LogP contribution in [-0.2, 0) is 27.5 Å². The van der Waals surface area contributed by atoms with Crippen molar-refractivity contribution in [3.8, 4) is 0 Å². The van der Waals surface area contributed by atoms with Gasteiger partial charge in [-0.2, -0.15) is 0 Å². The summed E-state index contributed by atoms with van der Waals surface area (Å²) in [7, 11) is -3.15. The van der Waals surface area contributed by atoms with Crippen molar-refractivity contribution in [2.75, 3.05) is 31.2 Å². The Kier molecular flexibility index (Phi) is 5.87. The Morgan fingerprint density at radius 2 is 1.81 bits per heavy atom. The molecule has 2 aliphatic rings. The fraction of sp³-hybridized carbons (Fsp3) is 0.632. The fourth-order valence-electron chi connectivity index (χ4n) is 4.00. The molecule has 1 aromatic carbocycles. The summed E-state index contributed by atoms with van der Waals surface area (Å²) < 4.78 is 29.9. The molecule has 6 nitrogen and oxygen atoms in total. The van der Waals surface area contributed by atoms with Crippen molar-refractivity contribution in [1.82, 2.24) is 9.80 Å². The minimum absolute atomic E-state index is 0.0326. The molecule has 2 atom stereocenters. The molecule has 0 radical (unpaired) electrons. The van der Waals surface area contributed by atoms with Crippen LogP contribution in [0.3, 0.4) is 0 Å². The maximum absolute atomic E-state index is 12.4. The van der Waals surface area contributed by atoms with E-state index in [1.54, 1.807) is 4.90 Å². The maximum atomic E-state index is 12.4. The lowest BCUT2D eigenvalue weighted by Crippen LogP contribution is -2.60. The average molecular weight is 381 g/mol. The number of hydrogen-bond acceptors (Lipinski definition) is 5. The summed E-state index contributed by atoms with van der Waals surface area (Å²) in [4.78, 5) is 16.2. The van der Waals surface area contributed by atoms with E-state index in [2.05, 4.69) is 24.0 Å². The quantitative estimate of drug-likeness (QED) is 0.782. The van der Waals surface area contributed by atoms with Crippen LogP contribution in [0.25, 0.3) is 0 Å². The first-order valence-corrected chi connectivity index (χ1v) is 11.2. The van der Waals surface area contributed by atoms with Crippen LogP contribution < -0.4 is 0 Å². The van der Waals surface area contributed by atoms with Crippen LogP contribution in [0, 0.1) is 0 Å². The van der Waals surface area contributed by atoms with E-state index in [9.17, 15) is 13.2 Å². The predicted octanol–water partition coefficient (Wildman–Crippen LogP) is 2.08. The first kappa shape index (κ1) is 19.2. The number of rotatable bonds is 5. The molecule has 2 fully saturated rings. The molecular formula is C19H28N2O4S. The van der Waals surface area contributed by atoms with Crippen molar-refractivity contribution in [2.45, 2.75) is 45.3 Å². The van der Waals surface area contributed by atoms with Gasteiger partial charge in [0.15, 0.2) is 9.84 Å². The molecule has 0 aliphatic carbocycles. The van der Waals surface area contributed by atoms with Gasteiger partial charge in [0.2, 0.25) is 0 Å². The van der Waals surface area contributed by atoms with Crippen LogP contribution in [-0.4, -0.2) is 67.6 Å². The molecule has 0 unspecified atom stereocenters. The van der Waals surface area contributed by atoms with E-state index >= 15 is 0 Å². The van der Waals surface area contributed by atoms with Gasteiger partial charge in [0.05, 0.1) is 24.2 Å². The number of aryl methyl sites for hydroxylation is 1. The largest absolute Gasteiger partial charge is 0.449 e. The molecule has 0 saturated carbocycles. The summed E-state index contributed by atoms with van der Waals surface area (Å²) in [6.07, 6.45) is 1.32. The number of amides is 1. The molecule has 0 bridgehead atoms. The van der Waals surface area contributed by atoms with Gasteiger partial charge in [-0.25, -0.2) is 13.2 Å². The number of carbonyl (C=O) groups excluding carboxylic acids is 1. The Labute approximate surface area is 156 Å². The minimum Gasteiger partial charge on any atom is -0.449 e. The lowest BCUT2D eigenvalue weighted by Gasteiger charge is -2.43. The normalized spacial score (nSPS) is 25.1. The second kappa shape index (κ2) is 7.96. The van der Waals surface area contributed by atoms with E-state index in [0.717, 1.165) is 19.4 Å². The number of sulfone groups is 1. The Morgan fingerprint density at radius 3 is 2.50 bits per heavy atom. The Hall–Kier alpha value is -1.60. The first-order valence-electron chi connectivity index (χ1n) is 9.39. The molecule has 1 amide bonds. The molecule has 0 aromatic heterocycles. The third-order valence-electron chi connectivity index (χ3n) is 5.33. The van der Waals surface area contributed by atoms with Crippen LogP contribution in [0.1, 0.15) is 31.4 Å². The lowest BCUT2D eigenvalue weighted by molar-refractivity contribution is 0.0268. The summed E-state index contributed by atoms with van der Waals surface area (Å²) >= 11 is 0. The van der Waals surface area contributed by atoms with Gasteiger partial charge in [0.25, 0.3) is 0 Å². The summed E-state index contributed by atoms with van der Waals surface area (Å²) in [5.74, 6) is 0.147. The highest BCUT2D eigenvalue weighted by atomic mass is 32.2. The van der Waals surface area contributed by atoms with Crippen molar-refractivity contribution < 1.29 is 17.9 Å². The maximum Gasteiger partial charge on any atom is 0.410 e. The zero-order valence-corrected chi connectivity index (χ0v) is 16.4. The van der Waals surface area contributed by atoms with Crippen LogP contribution >= 0.6 is 0 Å². The smallest absolute Gasteiger partial charge is 0.410 e. The Morgan fingerprint density at radius 1 is 1.12 bits per heavy atom. The van der Waals surface area contributed by atoms with E-state index in [0.29, 0.717) is 19.7 Å². The zero-order chi connectivity index (χ0) is 18.7. The Bertz CT molecular complexity index is 750. The van der Waals surface area contributed by atoms with Crippen molar-refractivity contribution in [3.63, 3.8) is 0 Å². The standard InChI is InChI=1S/C19H28N2O4S/c1-3-11-25-19(22)21-10-9-20(17-13-26(23,24)14-18(17)21)12-16-8-6-5-7-15(16)4-2/h5-8,17-18H,3-4,9-14H2,1-2H3/t17-,18+/m0/s1. The van der Waals surface area contributed by atoms with Crippen molar-refractivity contribution in [2.24, 2.45) is 0 Å². The molecular weight excluding hydrogens is 352 g/mol. The lowest BCUT2D eigenvalue weighted by atomic mass is 10.0. The van der Waals surface area contributed by atoms with Gasteiger partial charge >= 0.3 is 6.09 Å². The highest BCUT2D eigenvalue weighted by Gasteiger charge is 2.48. The number of carbonyl (C=O) groups is 1. The summed E-state index contributed by atoms with van der Waals surface area (Å²) in [6, 6.07) is 7.82. The van der Waals surface area contributed by atoms with Crippen molar-refractivity contribution >= 4 is 15.9 Å². The van der Waals surface area contributed by atoms with E-state index in [1.165, 1.54) is 11.1 Å². The SMILES string of the molecule is CCCOC(=O)N1CCN(Cc2ccccc2CC)[C@H]2CS(=O)(=O)C[C@H]21. The monoisotopic (exact) mass is 380 g/mol. The van der Waals surface area contributed by atoms with Gasteiger partial charge in [-0.3, -0.25) is 4.90 Å². The highest BCUT2D eigenvalue weighted by Crippen LogP contribution is 2.29. The summed E-state index contributed by atoms with van der Waals surface area (Å²) in [6.45, 7) is 6.33. The molecule has 26 heavy (non-hydrogen) atoms. The summed E-state index contributed by atoms with van der Waals surface area (Å²) in [5, 5.41) is 0. The minimum atomic E-state index is -3.15. The fourth-order valence-corrected chi connectivity index (χ4v) is 6.01. The van der Waals surface area contributed by atoms with Crippen LogP contribution in [0.2, 0.25) is 0 Å². The van der Waals surface area contributed by atoms with Crippen LogP contribution in [0.5, 0.6) is 0 Å². The van der Waals surface area contributed by atoms with Gasteiger partial charge in [-0.05, 0) is 24.0 Å². The number of nitrogens with zero attached hydrogens (tertiary/aromatic N) is 2. The molecule has 2 aliphatic heterocycles. The van der Waals surface area contributed by atoms with Gasteiger partial charge in [0, 0.05) is 25.7 Å². The third kappa shape index (κ3) is 4.04. The number of fused-ring (bicyclic) bond motifs is 1. The van der Waals surface area contributed by atoms with Crippen molar-refractivity contribution in [3.05, 3.63) is 35.4 Å². The molecule has 2 heterocycles. The predicted molar refractivity (Wildman–Crippen MR) is 101 cm³/mol. The van der Waals surface area contributed by atoms with E-state index in [1.807, 2.05) is 19.1 Å². The molecule has 0 N–H and O–H groups in total. The second-order valence-electron chi connectivity index (χ2n) is 7.11. The Balaban J connectivity index is 1.79. The number of ether oxygens (including phenoxy) is 1. The van der Waals surface area contributed by atoms with Crippen LogP contribution in [0.4, 0.5) is 4.79 Å². The van der Waals surface area contributed by atoms with Gasteiger partial charge in [-0.15, -0.1) is 0 Å². The molecule has 2 saturated heterocycles. The van der Waals surface area contributed by atoms with Crippen LogP contribution in [0.15, 0.2) is 24.3 Å². The van der Waals surface area contributed by atoms with Crippen molar-refractivity contribution in [1.29, 1.82) is 0 Å². The third-order valence-corrected chi connectivity index (χ3v) is 7.03. The first-order chi connectivity index (χ1) is 12.4. The summed E-state index contributed by atoms with van der Waals surface area (Å²) in [5.41, 5.74) is 2.52. The molecule has 0 spiro atoms. The second-order valence-corrected chi connectivity index (χ2v) is 9.27. The molecule has 144 valence electrons. The number of piperazine rings is 1. The highest BCUT2D eigenvalue weighted by molar-refractivity contribution is 7.91. The number of benzene rings is 1. The average Bonchev–Trinajstić information content (AvgIpc) is 2.95. The molecule has 1 aromatic rings. The van der Waals surface area contributed by atoms with Gasteiger partial charge < -0.3 is 9.64 Å². The molecule has 7 heteroatoms. The molecule has 3 rings (SSSR count). The number of hydrogen-bond donors (Lipinski definition) is 0. The van der Waals surface area contributed by atoms with Gasteiger partial charge in [-0.1, -0.05) is 38.1 Å².